The second kappa shape index (κ2) is 7.30. The van der Waals surface area contributed by atoms with Crippen molar-refractivity contribution in [2.75, 3.05) is 13.7 Å². The van der Waals surface area contributed by atoms with Crippen molar-refractivity contribution in [2.45, 2.75) is 0 Å². The molecule has 0 radical (unpaired) electrons. The fourth-order valence-electron chi connectivity index (χ4n) is 1.89. The molecule has 0 aliphatic carbocycles. The van der Waals surface area contributed by atoms with E-state index in [4.69, 9.17) is 5.84 Å². The van der Waals surface area contributed by atoms with E-state index < -0.39 is 23.3 Å². The summed E-state index contributed by atoms with van der Waals surface area (Å²) in [5.41, 5.74) is 0.633. The van der Waals surface area contributed by atoms with Gasteiger partial charge in [0.15, 0.2) is 17.4 Å². The van der Waals surface area contributed by atoms with E-state index in [-0.39, 0.29) is 12.1 Å². The zero-order valence-corrected chi connectivity index (χ0v) is 12.2. The first kappa shape index (κ1) is 16.3. The fraction of sp³-hybridized carbons (Fsp3) is 0.133. The van der Waals surface area contributed by atoms with E-state index in [1.807, 2.05) is 0 Å². The van der Waals surface area contributed by atoms with Crippen LogP contribution in [0.15, 0.2) is 41.6 Å². The third-order valence-corrected chi connectivity index (χ3v) is 3.00. The number of hydrogen-bond acceptors (Lipinski definition) is 5. The minimum atomic E-state index is -0.963. The summed E-state index contributed by atoms with van der Waals surface area (Å²) in [5.74, 6) is 2.13. The van der Waals surface area contributed by atoms with Gasteiger partial charge in [0.1, 0.15) is 5.71 Å². The summed E-state index contributed by atoms with van der Waals surface area (Å²) >= 11 is 0. The highest BCUT2D eigenvalue weighted by atomic mass is 19.1. The van der Waals surface area contributed by atoms with Gasteiger partial charge in [0, 0.05) is 11.8 Å². The molecule has 2 rings (SSSR count). The van der Waals surface area contributed by atoms with Gasteiger partial charge in [0.2, 0.25) is 0 Å². The summed E-state index contributed by atoms with van der Waals surface area (Å²) in [6.45, 7) is -0.0401. The topological polar surface area (TPSA) is 89.6 Å². The van der Waals surface area contributed by atoms with Crippen LogP contribution in [0.3, 0.4) is 0 Å². The molecule has 23 heavy (non-hydrogen) atoms. The first-order valence-corrected chi connectivity index (χ1v) is 6.56. The van der Waals surface area contributed by atoms with Gasteiger partial charge in [0.25, 0.3) is 5.91 Å². The van der Waals surface area contributed by atoms with Crippen molar-refractivity contribution in [2.24, 2.45) is 10.9 Å². The van der Waals surface area contributed by atoms with Crippen LogP contribution in [-0.4, -0.2) is 30.3 Å². The number of rotatable bonds is 5. The van der Waals surface area contributed by atoms with Crippen LogP contribution in [0.5, 0.6) is 5.75 Å². The Morgan fingerprint density at radius 2 is 2.04 bits per heavy atom. The Balaban J connectivity index is 2.11. The molecular formula is C15H14F2N4O2. The van der Waals surface area contributed by atoms with Crippen molar-refractivity contribution >= 4 is 11.6 Å². The van der Waals surface area contributed by atoms with Crippen LogP contribution in [0.1, 0.15) is 16.1 Å². The summed E-state index contributed by atoms with van der Waals surface area (Å²) < 4.78 is 31.8. The molecule has 120 valence electrons. The van der Waals surface area contributed by atoms with Crippen LogP contribution in [0.2, 0.25) is 0 Å². The second-order valence-electron chi connectivity index (χ2n) is 4.45. The fourth-order valence-corrected chi connectivity index (χ4v) is 1.89. The average molecular weight is 320 g/mol. The predicted octanol–water partition coefficient (Wildman–Crippen LogP) is 1.46. The number of aromatic nitrogens is 1. The van der Waals surface area contributed by atoms with E-state index >= 15 is 0 Å². The molecule has 3 N–H and O–H groups in total. The number of pyridine rings is 1. The maximum absolute atomic E-state index is 13.6. The molecule has 0 saturated carbocycles. The number of halogens is 2. The summed E-state index contributed by atoms with van der Waals surface area (Å²) in [6.07, 6.45) is 1.55. The van der Waals surface area contributed by atoms with E-state index in [0.29, 0.717) is 11.4 Å². The molecule has 0 aliphatic heterocycles. The number of carbonyl (C=O) groups excluding carboxylic acids is 1. The predicted molar refractivity (Wildman–Crippen MR) is 80.2 cm³/mol. The molecule has 0 atom stereocenters. The Morgan fingerprint density at radius 3 is 2.57 bits per heavy atom. The van der Waals surface area contributed by atoms with Crippen LogP contribution in [0.4, 0.5) is 8.78 Å². The van der Waals surface area contributed by atoms with Gasteiger partial charge in [0.05, 0.1) is 19.3 Å². The zero-order valence-electron chi connectivity index (χ0n) is 12.2. The zero-order chi connectivity index (χ0) is 16.8. The maximum Gasteiger partial charge on any atom is 0.251 e. The van der Waals surface area contributed by atoms with E-state index in [2.05, 4.69) is 20.1 Å². The number of nitrogens with one attached hydrogen (secondary N) is 1. The summed E-state index contributed by atoms with van der Waals surface area (Å²) in [6, 6.07) is 6.90. The minimum Gasteiger partial charge on any atom is -0.491 e. The quantitative estimate of drug-likeness (QED) is 0.496. The number of nitrogens with two attached hydrogens (primary N) is 1. The molecule has 0 spiro atoms. The highest BCUT2D eigenvalue weighted by molar-refractivity contribution is 6.03. The molecule has 1 amide bonds. The molecule has 8 heteroatoms. The molecule has 0 bridgehead atoms. The third-order valence-electron chi connectivity index (χ3n) is 3.00. The Bertz CT molecular complexity index is 713. The standard InChI is InChI=1S/C15H14F2N4O2/c1-23-14-10(16)6-9(7-11(14)17)15(22)20-8-13(21-18)12-4-2-3-5-19-12/h2-7H,8,18H2,1H3,(H,20,22). The van der Waals surface area contributed by atoms with Crippen LogP contribution in [0, 0.1) is 11.6 Å². The van der Waals surface area contributed by atoms with Crippen LogP contribution in [-0.2, 0) is 0 Å². The summed E-state index contributed by atoms with van der Waals surface area (Å²) in [7, 11) is 1.14. The number of amides is 1. The van der Waals surface area contributed by atoms with E-state index in [0.717, 1.165) is 19.2 Å². The van der Waals surface area contributed by atoms with Gasteiger partial charge >= 0.3 is 0 Å². The highest BCUT2D eigenvalue weighted by Gasteiger charge is 2.16. The second-order valence-corrected chi connectivity index (χ2v) is 4.45. The van der Waals surface area contributed by atoms with Crippen LogP contribution >= 0.6 is 0 Å². The average Bonchev–Trinajstić information content (AvgIpc) is 2.56. The monoisotopic (exact) mass is 320 g/mol. The van der Waals surface area contributed by atoms with Gasteiger partial charge in [-0.15, -0.1) is 0 Å². The Hall–Kier alpha value is -3.03. The number of methoxy groups -OCH3 is 1. The molecule has 0 fully saturated rings. The van der Waals surface area contributed by atoms with Crippen molar-refractivity contribution in [3.05, 3.63) is 59.4 Å². The summed E-state index contributed by atoms with van der Waals surface area (Å²) in [5, 5.41) is 6.03. The van der Waals surface area contributed by atoms with Crippen LogP contribution < -0.4 is 15.9 Å². The smallest absolute Gasteiger partial charge is 0.251 e. The molecule has 1 heterocycles. The van der Waals surface area contributed by atoms with Gasteiger partial charge in [-0.3, -0.25) is 9.78 Å². The number of benzene rings is 1. The first-order valence-electron chi connectivity index (χ1n) is 6.56. The number of nitrogens with zero attached hydrogens (tertiary/aromatic N) is 2. The van der Waals surface area contributed by atoms with Crippen molar-refractivity contribution in [1.82, 2.24) is 10.3 Å². The molecule has 6 nitrogen and oxygen atoms in total. The molecule has 1 aromatic heterocycles. The Labute approximate surface area is 131 Å². The lowest BCUT2D eigenvalue weighted by Gasteiger charge is -2.09. The lowest BCUT2D eigenvalue weighted by atomic mass is 10.1. The van der Waals surface area contributed by atoms with Gasteiger partial charge in [-0.25, -0.2) is 8.78 Å². The highest BCUT2D eigenvalue weighted by Crippen LogP contribution is 2.22. The lowest BCUT2D eigenvalue weighted by Crippen LogP contribution is -2.31. The summed E-state index contributed by atoms with van der Waals surface area (Å²) in [4.78, 5) is 16.1. The van der Waals surface area contributed by atoms with Crippen molar-refractivity contribution in [1.29, 1.82) is 0 Å². The molecule has 1 aromatic carbocycles. The Kier molecular flexibility index (Phi) is 5.19. The van der Waals surface area contributed by atoms with E-state index in [1.54, 1.807) is 24.4 Å². The van der Waals surface area contributed by atoms with Gasteiger partial charge in [-0.1, -0.05) is 6.07 Å². The molecule has 2 aromatic rings. The first-order chi connectivity index (χ1) is 11.1. The Morgan fingerprint density at radius 1 is 1.35 bits per heavy atom. The van der Waals surface area contributed by atoms with Crippen molar-refractivity contribution < 1.29 is 18.3 Å². The van der Waals surface area contributed by atoms with Gasteiger partial charge in [-0.2, -0.15) is 5.10 Å². The molecule has 0 unspecified atom stereocenters. The number of hydrogen-bond donors (Lipinski definition) is 2. The third kappa shape index (κ3) is 3.79. The largest absolute Gasteiger partial charge is 0.491 e. The number of carbonyl (C=O) groups is 1. The van der Waals surface area contributed by atoms with E-state index in [9.17, 15) is 13.6 Å². The lowest BCUT2D eigenvalue weighted by molar-refractivity contribution is 0.0958. The maximum atomic E-state index is 13.6. The molecular weight excluding hydrogens is 306 g/mol. The van der Waals surface area contributed by atoms with Crippen LogP contribution in [0.25, 0.3) is 0 Å². The van der Waals surface area contributed by atoms with Crippen molar-refractivity contribution in [3.63, 3.8) is 0 Å². The van der Waals surface area contributed by atoms with Gasteiger partial charge < -0.3 is 15.9 Å². The minimum absolute atomic E-state index is 0.0401. The van der Waals surface area contributed by atoms with Crippen molar-refractivity contribution in [3.8, 4) is 5.75 Å². The SMILES string of the molecule is COc1c(F)cc(C(=O)NCC(=NN)c2ccccn2)cc1F. The normalized spacial score (nSPS) is 11.2. The molecule has 0 aliphatic rings. The van der Waals surface area contributed by atoms with Gasteiger partial charge in [-0.05, 0) is 24.3 Å². The number of ether oxygens (including phenoxy) is 1. The number of hydrazone groups is 1. The molecule has 0 saturated heterocycles. The van der Waals surface area contributed by atoms with E-state index in [1.165, 1.54) is 0 Å².